The average molecular weight is 664 g/mol. The Bertz CT molecular complexity index is 1530. The quantitative estimate of drug-likeness (QED) is 0.180. The highest BCUT2D eigenvalue weighted by molar-refractivity contribution is 6.34. The van der Waals surface area contributed by atoms with Crippen LogP contribution in [0.25, 0.3) is 0 Å². The smallest absolute Gasteiger partial charge is 0.408 e. The predicted octanol–water partition coefficient (Wildman–Crippen LogP) is 8.44. The minimum Gasteiger partial charge on any atom is -0.508 e. The third kappa shape index (κ3) is 10.7. The van der Waals surface area contributed by atoms with E-state index in [1.54, 1.807) is 43.9 Å². The summed E-state index contributed by atoms with van der Waals surface area (Å²) in [6, 6.07) is 15.1. The largest absolute Gasteiger partial charge is 0.508 e. The molecule has 3 atom stereocenters. The Hall–Kier alpha value is -4.04. The summed E-state index contributed by atoms with van der Waals surface area (Å²) in [6.45, 7) is 17.2. The number of hydrogen-bond donors (Lipinski definition) is 3. The molecule has 0 aliphatic rings. The fourth-order valence-electron chi connectivity index (χ4n) is 5.54. The van der Waals surface area contributed by atoms with E-state index in [4.69, 9.17) is 16.3 Å². The van der Waals surface area contributed by atoms with Crippen LogP contribution in [0.3, 0.4) is 0 Å². The Morgan fingerprint density at radius 3 is 2.15 bits per heavy atom. The molecule has 3 N–H and O–H groups in total. The first-order valence-electron chi connectivity index (χ1n) is 16.2. The fraction of sp³-hybridized carbons (Fsp3) is 0.447. The number of carbonyl (C=O) groups is 3. The lowest BCUT2D eigenvalue weighted by molar-refractivity contribution is -0.143. The first kappa shape index (κ1) is 37.4. The lowest BCUT2D eigenvalue weighted by Crippen LogP contribution is -2.55. The van der Waals surface area contributed by atoms with Crippen molar-refractivity contribution in [1.82, 2.24) is 10.2 Å². The zero-order valence-electron chi connectivity index (χ0n) is 29.1. The van der Waals surface area contributed by atoms with E-state index in [0.29, 0.717) is 34.2 Å². The van der Waals surface area contributed by atoms with Gasteiger partial charge in [0.1, 0.15) is 23.4 Å². The third-order valence-electron chi connectivity index (χ3n) is 7.97. The van der Waals surface area contributed by atoms with Crippen LogP contribution in [0, 0.1) is 26.7 Å². The average Bonchev–Trinajstić information content (AvgIpc) is 2.96. The van der Waals surface area contributed by atoms with Crippen molar-refractivity contribution in [3.63, 3.8) is 0 Å². The summed E-state index contributed by atoms with van der Waals surface area (Å²) in [5.74, 6) is -0.405. The second-order valence-electron chi connectivity index (χ2n) is 13.8. The van der Waals surface area contributed by atoms with Gasteiger partial charge in [-0.2, -0.15) is 0 Å². The number of alkyl carbamates (subject to hydrolysis) is 1. The minimum atomic E-state index is -1.08. The van der Waals surface area contributed by atoms with Crippen molar-refractivity contribution >= 4 is 35.2 Å². The van der Waals surface area contributed by atoms with Gasteiger partial charge in [-0.25, -0.2) is 4.79 Å². The molecule has 47 heavy (non-hydrogen) atoms. The monoisotopic (exact) mass is 663 g/mol. The van der Waals surface area contributed by atoms with Crippen LogP contribution in [0.5, 0.6) is 5.75 Å². The van der Waals surface area contributed by atoms with Crippen LogP contribution in [0.2, 0.25) is 5.02 Å². The standard InChI is InChI=1S/C38H50ClN3O5/c1-23(2)13-15-27(6)42(36(45)32(40-37(46)47-38(7,8)9)22-28-16-18-29(43)19-17-28)34(30-20-14-24(3)21-26(30)5)35(44)41-33-25(4)11-10-12-31(33)39/h10-12,14,16-21,23,27,32,34,43H,13,15,22H2,1-9H3,(H,40,46)(H,41,44). The van der Waals surface area contributed by atoms with Crippen molar-refractivity contribution < 1.29 is 24.2 Å². The number of nitrogens with one attached hydrogen (secondary N) is 2. The van der Waals surface area contributed by atoms with Crippen LogP contribution < -0.4 is 10.6 Å². The van der Waals surface area contributed by atoms with Crippen molar-refractivity contribution in [3.05, 3.63) is 93.5 Å². The number of halogens is 1. The van der Waals surface area contributed by atoms with E-state index < -0.39 is 41.6 Å². The lowest BCUT2D eigenvalue weighted by atomic mass is 9.93. The number of hydrogen-bond acceptors (Lipinski definition) is 5. The van der Waals surface area contributed by atoms with Gasteiger partial charge in [0, 0.05) is 12.5 Å². The van der Waals surface area contributed by atoms with E-state index in [1.807, 2.05) is 58.0 Å². The van der Waals surface area contributed by atoms with Crippen molar-refractivity contribution in [2.24, 2.45) is 5.92 Å². The van der Waals surface area contributed by atoms with Gasteiger partial charge in [0.15, 0.2) is 0 Å². The summed E-state index contributed by atoms with van der Waals surface area (Å²) < 4.78 is 5.57. The second-order valence-corrected chi connectivity index (χ2v) is 14.2. The van der Waals surface area contributed by atoms with Gasteiger partial charge in [0.2, 0.25) is 5.91 Å². The number of ether oxygens (including phenoxy) is 1. The molecule has 3 unspecified atom stereocenters. The van der Waals surface area contributed by atoms with Gasteiger partial charge in [0.05, 0.1) is 10.7 Å². The molecule has 0 radical (unpaired) electrons. The molecule has 0 aromatic heterocycles. The third-order valence-corrected chi connectivity index (χ3v) is 8.29. The Morgan fingerprint density at radius 2 is 1.57 bits per heavy atom. The molecular weight excluding hydrogens is 614 g/mol. The molecule has 3 aromatic rings. The number of carbonyl (C=O) groups excluding carboxylic acids is 3. The highest BCUT2D eigenvalue weighted by atomic mass is 35.5. The topological polar surface area (TPSA) is 108 Å². The molecule has 8 nitrogen and oxygen atoms in total. The van der Waals surface area contributed by atoms with Gasteiger partial charge in [-0.15, -0.1) is 0 Å². The molecule has 9 heteroatoms. The van der Waals surface area contributed by atoms with Crippen LogP contribution in [0.4, 0.5) is 10.5 Å². The molecule has 0 saturated carbocycles. The van der Waals surface area contributed by atoms with E-state index in [0.717, 1.165) is 23.1 Å². The number of benzene rings is 3. The molecule has 3 rings (SSSR count). The number of nitrogens with zero attached hydrogens (tertiary/aromatic N) is 1. The fourth-order valence-corrected chi connectivity index (χ4v) is 5.81. The van der Waals surface area contributed by atoms with E-state index in [-0.39, 0.29) is 12.2 Å². The van der Waals surface area contributed by atoms with Crippen LogP contribution in [0.15, 0.2) is 60.7 Å². The predicted molar refractivity (Wildman–Crippen MR) is 189 cm³/mol. The van der Waals surface area contributed by atoms with E-state index in [9.17, 15) is 19.5 Å². The first-order chi connectivity index (χ1) is 22.0. The van der Waals surface area contributed by atoms with Crippen molar-refractivity contribution in [2.75, 3.05) is 5.32 Å². The van der Waals surface area contributed by atoms with Gasteiger partial charge in [-0.3, -0.25) is 9.59 Å². The first-order valence-corrected chi connectivity index (χ1v) is 16.6. The molecule has 3 amide bonds. The van der Waals surface area contributed by atoms with Crippen molar-refractivity contribution in [3.8, 4) is 5.75 Å². The lowest BCUT2D eigenvalue weighted by Gasteiger charge is -2.39. The number of rotatable bonds is 12. The molecular formula is C38H50ClN3O5. The highest BCUT2D eigenvalue weighted by Gasteiger charge is 2.40. The van der Waals surface area contributed by atoms with E-state index in [1.165, 1.54) is 12.1 Å². The van der Waals surface area contributed by atoms with Gasteiger partial charge < -0.3 is 25.4 Å². The van der Waals surface area contributed by atoms with E-state index in [2.05, 4.69) is 24.5 Å². The molecule has 0 saturated heterocycles. The zero-order valence-corrected chi connectivity index (χ0v) is 29.9. The Morgan fingerprint density at radius 1 is 0.915 bits per heavy atom. The maximum Gasteiger partial charge on any atom is 0.408 e. The minimum absolute atomic E-state index is 0.0853. The van der Waals surface area contributed by atoms with Crippen LogP contribution in [-0.2, 0) is 20.7 Å². The van der Waals surface area contributed by atoms with Crippen molar-refractivity contribution in [2.45, 2.75) is 105 Å². The maximum atomic E-state index is 15.0. The molecule has 0 heterocycles. The Kier molecular flexibility index (Phi) is 12.9. The normalized spacial score (nSPS) is 13.4. The van der Waals surface area contributed by atoms with Gasteiger partial charge in [-0.05, 0) is 108 Å². The second kappa shape index (κ2) is 16.2. The van der Waals surface area contributed by atoms with Gasteiger partial charge in [0.25, 0.3) is 5.91 Å². The van der Waals surface area contributed by atoms with Crippen molar-refractivity contribution in [1.29, 1.82) is 0 Å². The molecule has 0 spiro atoms. The van der Waals surface area contributed by atoms with E-state index >= 15 is 0 Å². The summed E-state index contributed by atoms with van der Waals surface area (Å²) in [4.78, 5) is 44.3. The Balaban J connectivity index is 2.20. The number of phenols is 1. The van der Waals surface area contributed by atoms with Crippen LogP contribution >= 0.6 is 11.6 Å². The summed E-state index contributed by atoms with van der Waals surface area (Å²) in [7, 11) is 0. The summed E-state index contributed by atoms with van der Waals surface area (Å²) in [5, 5.41) is 16.1. The zero-order chi connectivity index (χ0) is 35.1. The SMILES string of the molecule is Cc1ccc(C(C(=O)Nc2c(C)cccc2Cl)N(C(=O)C(Cc2ccc(O)cc2)NC(=O)OC(C)(C)C)C(C)CCC(C)C)c(C)c1. The number of aromatic hydroxyl groups is 1. The Labute approximate surface area is 284 Å². The van der Waals surface area contributed by atoms with Crippen LogP contribution in [0.1, 0.15) is 88.2 Å². The number of anilines is 1. The highest BCUT2D eigenvalue weighted by Crippen LogP contribution is 2.33. The maximum absolute atomic E-state index is 15.0. The molecule has 0 fully saturated rings. The number of amides is 3. The van der Waals surface area contributed by atoms with Gasteiger partial charge >= 0.3 is 6.09 Å². The molecule has 3 aromatic carbocycles. The van der Waals surface area contributed by atoms with Crippen LogP contribution in [-0.4, -0.2) is 45.6 Å². The summed E-state index contributed by atoms with van der Waals surface area (Å²) in [5.41, 5.74) is 3.72. The number of para-hydroxylation sites is 1. The molecule has 254 valence electrons. The number of aryl methyl sites for hydroxylation is 3. The number of phenolic OH excluding ortho intramolecular Hbond substituents is 1. The summed E-state index contributed by atoms with van der Waals surface area (Å²) >= 11 is 6.55. The summed E-state index contributed by atoms with van der Waals surface area (Å²) in [6.07, 6.45) is 0.805. The molecule has 0 aliphatic carbocycles. The molecule has 0 bridgehead atoms. The molecule has 0 aliphatic heterocycles. The van der Waals surface area contributed by atoms with Gasteiger partial charge in [-0.1, -0.05) is 73.5 Å².